The molecule has 0 aliphatic heterocycles. The molecule has 0 unspecified atom stereocenters. The number of carbonyl (C=O) groups is 1. The van der Waals surface area contributed by atoms with Gasteiger partial charge in [-0.1, -0.05) is 42.5 Å². The van der Waals surface area contributed by atoms with E-state index in [1.54, 1.807) is 24.3 Å². The summed E-state index contributed by atoms with van der Waals surface area (Å²) in [5, 5.41) is 8.43. The van der Waals surface area contributed by atoms with Gasteiger partial charge in [-0.15, -0.1) is 11.3 Å². The molecule has 0 saturated heterocycles. The number of benzene rings is 3. The van der Waals surface area contributed by atoms with Gasteiger partial charge in [0.15, 0.2) is 5.13 Å². The number of thiazole rings is 1. The number of amides is 1. The smallest absolute Gasteiger partial charge is 0.255 e. The summed E-state index contributed by atoms with van der Waals surface area (Å²) in [6.07, 6.45) is 0. The van der Waals surface area contributed by atoms with Crippen LogP contribution in [0.2, 0.25) is 0 Å². The Hall–Kier alpha value is -3.51. The average molecular weight is 403 g/mol. The fourth-order valence-corrected chi connectivity index (χ4v) is 3.62. The second-order valence-corrected chi connectivity index (χ2v) is 7.35. The molecule has 6 heteroatoms. The van der Waals surface area contributed by atoms with Crippen molar-refractivity contribution in [1.82, 2.24) is 4.98 Å². The lowest BCUT2D eigenvalue weighted by Crippen LogP contribution is -2.13. The molecule has 144 valence electrons. The van der Waals surface area contributed by atoms with E-state index in [0.29, 0.717) is 22.1 Å². The van der Waals surface area contributed by atoms with Crippen molar-refractivity contribution >= 4 is 33.8 Å². The molecule has 4 aromatic rings. The number of nitrogens with zero attached hydrogens (tertiary/aromatic N) is 1. The van der Waals surface area contributed by atoms with Crippen LogP contribution in [0.25, 0.3) is 11.3 Å². The van der Waals surface area contributed by atoms with Gasteiger partial charge in [0.05, 0.1) is 11.4 Å². The van der Waals surface area contributed by atoms with Crippen LogP contribution >= 0.6 is 11.3 Å². The summed E-state index contributed by atoms with van der Waals surface area (Å²) >= 11 is 1.40. The van der Waals surface area contributed by atoms with Gasteiger partial charge >= 0.3 is 0 Å². The Bertz CT molecular complexity index is 1150. The van der Waals surface area contributed by atoms with Crippen LogP contribution < -0.4 is 10.6 Å². The zero-order valence-electron chi connectivity index (χ0n) is 15.6. The molecular formula is C23H18FN3OS. The number of hydrogen-bond acceptors (Lipinski definition) is 4. The zero-order valence-corrected chi connectivity index (χ0v) is 16.5. The largest absolute Gasteiger partial charge is 0.329 e. The highest BCUT2D eigenvalue weighted by molar-refractivity contribution is 7.14. The first-order chi connectivity index (χ1) is 14.1. The van der Waals surface area contributed by atoms with E-state index in [1.165, 1.54) is 17.4 Å². The monoisotopic (exact) mass is 403 g/mol. The van der Waals surface area contributed by atoms with E-state index in [-0.39, 0.29) is 11.7 Å². The van der Waals surface area contributed by atoms with E-state index in [1.807, 2.05) is 54.8 Å². The van der Waals surface area contributed by atoms with Crippen LogP contribution in [-0.2, 0) is 0 Å². The number of aromatic nitrogens is 1. The van der Waals surface area contributed by atoms with Gasteiger partial charge in [-0.25, -0.2) is 9.37 Å². The molecule has 3 aromatic carbocycles. The number of anilines is 3. The lowest BCUT2D eigenvalue weighted by molar-refractivity contribution is 0.102. The maximum atomic E-state index is 13.8. The van der Waals surface area contributed by atoms with E-state index in [4.69, 9.17) is 0 Å². The average Bonchev–Trinajstić information content (AvgIpc) is 3.19. The first-order valence-corrected chi connectivity index (χ1v) is 9.92. The summed E-state index contributed by atoms with van der Waals surface area (Å²) in [6.45, 7) is 1.91. The number of carbonyl (C=O) groups excluding carboxylic acids is 1. The number of nitrogens with one attached hydrogen (secondary N) is 2. The predicted molar refractivity (Wildman–Crippen MR) is 116 cm³/mol. The van der Waals surface area contributed by atoms with E-state index in [2.05, 4.69) is 15.6 Å². The van der Waals surface area contributed by atoms with Crippen LogP contribution in [0, 0.1) is 12.7 Å². The molecule has 0 saturated carbocycles. The molecule has 4 nitrogen and oxygen atoms in total. The number of para-hydroxylation sites is 1. The summed E-state index contributed by atoms with van der Waals surface area (Å²) in [7, 11) is 0. The van der Waals surface area contributed by atoms with Gasteiger partial charge in [0, 0.05) is 22.2 Å². The Balaban J connectivity index is 1.46. The number of aryl methyl sites for hydroxylation is 1. The molecule has 0 aliphatic carbocycles. The van der Waals surface area contributed by atoms with Gasteiger partial charge in [0.25, 0.3) is 5.91 Å². The van der Waals surface area contributed by atoms with Crippen molar-refractivity contribution in [3.8, 4) is 11.3 Å². The minimum absolute atomic E-state index is 0.138. The van der Waals surface area contributed by atoms with Crippen molar-refractivity contribution in [2.75, 3.05) is 10.6 Å². The maximum Gasteiger partial charge on any atom is 0.255 e. The van der Waals surface area contributed by atoms with Crippen LogP contribution in [0.15, 0.2) is 78.2 Å². The van der Waals surface area contributed by atoms with Gasteiger partial charge in [-0.2, -0.15) is 0 Å². The summed E-state index contributed by atoms with van der Waals surface area (Å²) in [6, 6.07) is 21.4. The summed E-state index contributed by atoms with van der Waals surface area (Å²) < 4.78 is 13.8. The number of rotatable bonds is 5. The second kappa shape index (κ2) is 8.24. The Kier molecular flexibility index (Phi) is 5.35. The van der Waals surface area contributed by atoms with Crippen LogP contribution in [0.1, 0.15) is 15.9 Å². The van der Waals surface area contributed by atoms with E-state index in [0.717, 1.165) is 16.8 Å². The van der Waals surface area contributed by atoms with Crippen LogP contribution in [-0.4, -0.2) is 10.9 Å². The molecule has 0 bridgehead atoms. The summed E-state index contributed by atoms with van der Waals surface area (Å²) in [5.41, 5.74) is 4.38. The second-order valence-electron chi connectivity index (χ2n) is 6.49. The first kappa shape index (κ1) is 18.8. The zero-order chi connectivity index (χ0) is 20.2. The Morgan fingerprint density at radius 2 is 1.69 bits per heavy atom. The molecule has 29 heavy (non-hydrogen) atoms. The molecule has 4 rings (SSSR count). The summed E-state index contributed by atoms with van der Waals surface area (Å²) in [5.74, 6) is -0.459. The topological polar surface area (TPSA) is 54.0 Å². The minimum Gasteiger partial charge on any atom is -0.329 e. The highest BCUT2D eigenvalue weighted by atomic mass is 32.1. The molecule has 1 heterocycles. The third-order valence-corrected chi connectivity index (χ3v) is 5.21. The van der Waals surface area contributed by atoms with Crippen molar-refractivity contribution in [3.63, 3.8) is 0 Å². The van der Waals surface area contributed by atoms with E-state index in [9.17, 15) is 9.18 Å². The van der Waals surface area contributed by atoms with Crippen molar-refractivity contribution in [1.29, 1.82) is 0 Å². The van der Waals surface area contributed by atoms with Crippen molar-refractivity contribution in [3.05, 3.63) is 95.1 Å². The predicted octanol–water partition coefficient (Wildman–Crippen LogP) is 6.25. The van der Waals surface area contributed by atoms with Crippen molar-refractivity contribution < 1.29 is 9.18 Å². The van der Waals surface area contributed by atoms with Gasteiger partial charge in [0.1, 0.15) is 5.82 Å². The van der Waals surface area contributed by atoms with Gasteiger partial charge < -0.3 is 10.6 Å². The lowest BCUT2D eigenvalue weighted by Gasteiger charge is -2.08. The van der Waals surface area contributed by atoms with E-state index >= 15 is 0 Å². The van der Waals surface area contributed by atoms with E-state index < -0.39 is 0 Å². The van der Waals surface area contributed by atoms with Gasteiger partial charge in [-0.05, 0) is 42.8 Å². The maximum absolute atomic E-state index is 13.8. The molecule has 0 spiro atoms. The Labute approximate surface area is 172 Å². The van der Waals surface area contributed by atoms with Crippen LogP contribution in [0.4, 0.5) is 20.9 Å². The van der Waals surface area contributed by atoms with Gasteiger partial charge in [0.2, 0.25) is 0 Å². The van der Waals surface area contributed by atoms with Crippen molar-refractivity contribution in [2.24, 2.45) is 0 Å². The molecular weight excluding hydrogens is 385 g/mol. The molecule has 1 amide bonds. The summed E-state index contributed by atoms with van der Waals surface area (Å²) in [4.78, 5) is 17.0. The Morgan fingerprint density at radius 3 is 2.45 bits per heavy atom. The highest BCUT2D eigenvalue weighted by Crippen LogP contribution is 2.28. The molecule has 0 radical (unpaired) electrons. The molecule has 0 atom stereocenters. The van der Waals surface area contributed by atoms with Crippen molar-refractivity contribution in [2.45, 2.75) is 6.92 Å². The molecule has 2 N–H and O–H groups in total. The standard InChI is InChI=1S/C23H18FN3OS/c1-15-6-2-3-7-18(15)22(28)25-17-12-10-16(11-13-17)21-14-29-23(27-21)26-20-9-5-4-8-19(20)24/h2-14H,1H3,(H,25,28)(H,26,27). The van der Waals surface area contributed by atoms with Crippen LogP contribution in [0.5, 0.6) is 0 Å². The highest BCUT2D eigenvalue weighted by Gasteiger charge is 2.10. The molecule has 0 aliphatic rings. The Morgan fingerprint density at radius 1 is 0.966 bits per heavy atom. The van der Waals surface area contributed by atoms with Crippen LogP contribution in [0.3, 0.4) is 0 Å². The first-order valence-electron chi connectivity index (χ1n) is 9.04. The number of halogens is 1. The SMILES string of the molecule is Cc1ccccc1C(=O)Nc1ccc(-c2csc(Nc3ccccc3F)n2)cc1. The third-order valence-electron chi connectivity index (χ3n) is 4.45. The fourth-order valence-electron chi connectivity index (χ4n) is 2.89. The molecule has 0 fully saturated rings. The van der Waals surface area contributed by atoms with Gasteiger partial charge in [-0.3, -0.25) is 4.79 Å². The molecule has 1 aromatic heterocycles. The fraction of sp³-hybridized carbons (Fsp3) is 0.0435. The normalized spacial score (nSPS) is 10.6. The lowest BCUT2D eigenvalue weighted by atomic mass is 10.1. The minimum atomic E-state index is -0.321. The number of hydrogen-bond donors (Lipinski definition) is 2. The third kappa shape index (κ3) is 4.33. The quantitative estimate of drug-likeness (QED) is 0.414.